The Bertz CT molecular complexity index is 380. The molecule has 0 atom stereocenters. The van der Waals surface area contributed by atoms with Gasteiger partial charge < -0.3 is 8.85 Å². The van der Waals surface area contributed by atoms with Crippen molar-refractivity contribution in [1.82, 2.24) is 0 Å². The van der Waals surface area contributed by atoms with Gasteiger partial charge in [-0.05, 0) is 18.0 Å². The van der Waals surface area contributed by atoms with Crippen LogP contribution >= 0.6 is 0 Å². The van der Waals surface area contributed by atoms with Crippen molar-refractivity contribution in [3.63, 3.8) is 0 Å². The van der Waals surface area contributed by atoms with E-state index in [0.717, 1.165) is 32.1 Å². The van der Waals surface area contributed by atoms with Crippen molar-refractivity contribution in [2.24, 2.45) is 0 Å². The van der Waals surface area contributed by atoms with Crippen LogP contribution < -0.4 is 5.19 Å². The van der Waals surface area contributed by atoms with E-state index in [-0.39, 0.29) is 0 Å². The lowest BCUT2D eigenvalue weighted by molar-refractivity contribution is 0.176. The van der Waals surface area contributed by atoms with E-state index in [1.54, 1.807) is 0 Å². The lowest BCUT2D eigenvalue weighted by Crippen LogP contribution is -2.53. The summed E-state index contributed by atoms with van der Waals surface area (Å²) in [5, 5.41) is 1.22. The average Bonchev–Trinajstić information content (AvgIpc) is 2.56. The highest BCUT2D eigenvalue weighted by Gasteiger charge is 2.38. The number of benzene rings is 1. The van der Waals surface area contributed by atoms with Gasteiger partial charge in [-0.3, -0.25) is 0 Å². The van der Waals surface area contributed by atoms with Gasteiger partial charge in [0.1, 0.15) is 0 Å². The summed E-state index contributed by atoms with van der Waals surface area (Å²) in [6, 6.07) is 11.3. The Morgan fingerprint density at radius 2 is 1.45 bits per heavy atom. The van der Waals surface area contributed by atoms with Gasteiger partial charge >= 0.3 is 8.56 Å². The van der Waals surface area contributed by atoms with Gasteiger partial charge in [0.25, 0.3) is 0 Å². The number of hydrogen-bond acceptors (Lipinski definition) is 2. The third-order valence-electron chi connectivity index (χ3n) is 3.79. The van der Waals surface area contributed by atoms with Crippen LogP contribution in [-0.4, -0.2) is 21.8 Å². The summed E-state index contributed by atoms with van der Waals surface area (Å²) in [7, 11) is -2.39. The summed E-state index contributed by atoms with van der Waals surface area (Å²) in [5.74, 6) is 0. The maximum atomic E-state index is 6.38. The zero-order valence-electron chi connectivity index (χ0n) is 14.4. The topological polar surface area (TPSA) is 18.5 Å². The van der Waals surface area contributed by atoms with Crippen LogP contribution in [0.3, 0.4) is 0 Å². The SMILES string of the molecule is C=CC[Si](OCCCCC)(OCCCCC)c1ccccc1. The molecule has 0 unspecified atom stereocenters. The van der Waals surface area contributed by atoms with Gasteiger partial charge in [0.2, 0.25) is 0 Å². The van der Waals surface area contributed by atoms with E-state index < -0.39 is 8.56 Å². The third kappa shape index (κ3) is 6.47. The van der Waals surface area contributed by atoms with Gasteiger partial charge in [0.15, 0.2) is 0 Å². The van der Waals surface area contributed by atoms with E-state index in [1.165, 1.54) is 30.9 Å². The van der Waals surface area contributed by atoms with Gasteiger partial charge in [0.05, 0.1) is 0 Å². The minimum Gasteiger partial charge on any atom is -0.391 e. The largest absolute Gasteiger partial charge is 0.391 e. The van der Waals surface area contributed by atoms with Gasteiger partial charge in [0, 0.05) is 19.3 Å². The molecule has 0 aliphatic rings. The molecule has 0 radical (unpaired) electrons. The van der Waals surface area contributed by atoms with Crippen molar-refractivity contribution < 1.29 is 8.85 Å². The van der Waals surface area contributed by atoms with Gasteiger partial charge in [-0.25, -0.2) is 0 Å². The quantitative estimate of drug-likeness (QED) is 0.291. The van der Waals surface area contributed by atoms with Crippen LogP contribution in [-0.2, 0) is 8.85 Å². The average molecular weight is 321 g/mol. The second-order valence-electron chi connectivity index (χ2n) is 5.72. The summed E-state index contributed by atoms with van der Waals surface area (Å²) in [6.45, 7) is 9.94. The summed E-state index contributed by atoms with van der Waals surface area (Å²) in [5.41, 5.74) is 0. The molecule has 1 aromatic carbocycles. The van der Waals surface area contributed by atoms with E-state index >= 15 is 0 Å². The van der Waals surface area contributed by atoms with Gasteiger partial charge in [-0.2, -0.15) is 0 Å². The summed E-state index contributed by atoms with van der Waals surface area (Å²) >= 11 is 0. The third-order valence-corrected chi connectivity index (χ3v) is 7.17. The molecule has 0 bridgehead atoms. The fourth-order valence-corrected chi connectivity index (χ4v) is 5.42. The normalized spacial score (nSPS) is 11.5. The molecule has 22 heavy (non-hydrogen) atoms. The van der Waals surface area contributed by atoms with Crippen LogP contribution in [0.2, 0.25) is 6.04 Å². The predicted octanol–water partition coefficient (Wildman–Crippen LogP) is 4.94. The number of hydrogen-bond donors (Lipinski definition) is 0. The van der Waals surface area contributed by atoms with Crippen LogP contribution in [0.15, 0.2) is 43.0 Å². The molecule has 124 valence electrons. The molecular weight excluding hydrogens is 288 g/mol. The monoisotopic (exact) mass is 320 g/mol. The highest BCUT2D eigenvalue weighted by atomic mass is 28.4. The lowest BCUT2D eigenvalue weighted by Gasteiger charge is -2.30. The fraction of sp³-hybridized carbons (Fsp3) is 0.579. The molecule has 0 heterocycles. The second kappa shape index (κ2) is 11.6. The van der Waals surface area contributed by atoms with Crippen molar-refractivity contribution in [2.45, 2.75) is 58.4 Å². The summed E-state index contributed by atoms with van der Waals surface area (Å²) < 4.78 is 12.8. The first-order valence-corrected chi connectivity index (χ1v) is 10.8. The molecule has 2 nitrogen and oxygen atoms in total. The summed E-state index contributed by atoms with van der Waals surface area (Å²) in [6.07, 6.45) is 9.01. The number of rotatable bonds is 13. The molecule has 1 rings (SSSR count). The van der Waals surface area contributed by atoms with Crippen LogP contribution in [0.5, 0.6) is 0 Å². The molecule has 0 saturated heterocycles. The molecule has 1 aromatic rings. The predicted molar refractivity (Wildman–Crippen MR) is 97.8 cm³/mol. The van der Waals surface area contributed by atoms with Gasteiger partial charge in [-0.15, -0.1) is 6.58 Å². The van der Waals surface area contributed by atoms with Crippen LogP contribution in [0, 0.1) is 0 Å². The van der Waals surface area contributed by atoms with E-state index in [9.17, 15) is 0 Å². The molecule has 0 saturated carbocycles. The molecule has 0 N–H and O–H groups in total. The Morgan fingerprint density at radius 3 is 1.91 bits per heavy atom. The van der Waals surface area contributed by atoms with Crippen LogP contribution in [0.25, 0.3) is 0 Å². The number of allylic oxidation sites excluding steroid dienone is 1. The van der Waals surface area contributed by atoms with Crippen molar-refractivity contribution in [2.75, 3.05) is 13.2 Å². The first-order valence-electron chi connectivity index (χ1n) is 8.73. The van der Waals surface area contributed by atoms with E-state index in [4.69, 9.17) is 8.85 Å². The van der Waals surface area contributed by atoms with E-state index in [0.29, 0.717) is 0 Å². The minimum atomic E-state index is -2.39. The number of unbranched alkanes of at least 4 members (excludes halogenated alkanes) is 4. The van der Waals surface area contributed by atoms with E-state index in [1.807, 2.05) is 12.1 Å². The summed E-state index contributed by atoms with van der Waals surface area (Å²) in [4.78, 5) is 0. The standard InChI is InChI=1S/C19H32O2Si/c1-4-7-12-16-20-22(18-6-3,21-17-13-8-5-2)19-14-10-9-11-15-19/h6,9-11,14-15H,3-5,7-8,12-13,16-18H2,1-2H3. The molecule has 0 aromatic heterocycles. The highest BCUT2D eigenvalue weighted by molar-refractivity contribution is 6.81. The second-order valence-corrected chi connectivity index (χ2v) is 8.79. The lowest BCUT2D eigenvalue weighted by atomic mass is 10.3. The van der Waals surface area contributed by atoms with Crippen molar-refractivity contribution in [3.05, 3.63) is 43.0 Å². The Kier molecular flexibility index (Phi) is 10.1. The minimum absolute atomic E-state index is 0.788. The Hall–Kier alpha value is -0.903. The first kappa shape index (κ1) is 19.1. The zero-order chi connectivity index (χ0) is 16.1. The molecule has 0 fully saturated rings. The molecule has 3 heteroatoms. The highest BCUT2D eigenvalue weighted by Crippen LogP contribution is 2.17. The van der Waals surface area contributed by atoms with Gasteiger partial charge in [-0.1, -0.05) is 75.9 Å². The van der Waals surface area contributed by atoms with Crippen molar-refractivity contribution >= 4 is 13.7 Å². The maximum absolute atomic E-state index is 6.38. The Morgan fingerprint density at radius 1 is 0.909 bits per heavy atom. The molecule has 0 amide bonds. The Balaban J connectivity index is 2.80. The Labute approximate surface area is 137 Å². The smallest absolute Gasteiger partial charge is 0.376 e. The fourth-order valence-electron chi connectivity index (χ4n) is 2.50. The van der Waals surface area contributed by atoms with E-state index in [2.05, 4.69) is 44.7 Å². The maximum Gasteiger partial charge on any atom is 0.376 e. The zero-order valence-corrected chi connectivity index (χ0v) is 15.4. The van der Waals surface area contributed by atoms with Crippen LogP contribution in [0.4, 0.5) is 0 Å². The molecule has 0 aliphatic heterocycles. The molecular formula is C19H32O2Si. The first-order chi connectivity index (χ1) is 10.8. The molecule has 0 spiro atoms. The van der Waals surface area contributed by atoms with Crippen LogP contribution in [0.1, 0.15) is 52.4 Å². The van der Waals surface area contributed by atoms with Crippen molar-refractivity contribution in [3.8, 4) is 0 Å². The molecule has 0 aliphatic carbocycles. The van der Waals surface area contributed by atoms with Crippen molar-refractivity contribution in [1.29, 1.82) is 0 Å².